The van der Waals surface area contributed by atoms with E-state index in [1.54, 1.807) is 0 Å². The van der Waals surface area contributed by atoms with Gasteiger partial charge in [-0.15, -0.1) is 0 Å². The normalized spacial score (nSPS) is 12.3. The van der Waals surface area contributed by atoms with Crippen LogP contribution in [0.1, 0.15) is 44.0 Å². The number of nitrogens with zero attached hydrogens (tertiary/aromatic N) is 1. The third-order valence-electron chi connectivity index (χ3n) is 2.76. The smallest absolute Gasteiger partial charge is 0.225 e. The molecule has 0 fully saturated rings. The van der Waals surface area contributed by atoms with Gasteiger partial charge in [0.25, 0.3) is 0 Å². The van der Waals surface area contributed by atoms with Crippen LogP contribution < -0.4 is 4.74 Å². The van der Waals surface area contributed by atoms with E-state index in [1.807, 2.05) is 40.7 Å². The molecule has 0 aliphatic carbocycles. The van der Waals surface area contributed by atoms with Crippen molar-refractivity contribution < 1.29 is 9.84 Å². The first-order valence-corrected chi connectivity index (χ1v) is 6.01. The van der Waals surface area contributed by atoms with Crippen molar-refractivity contribution >= 4 is 5.76 Å². The molecular weight excluding hydrogens is 214 g/mol. The van der Waals surface area contributed by atoms with Gasteiger partial charge in [0.05, 0.1) is 12.2 Å². The molecule has 1 N–H and O–H groups in total. The fraction of sp³-hybridized carbons (Fsp3) is 0.500. The Labute approximate surface area is 103 Å². The molecule has 1 aromatic heterocycles. The number of aliphatic hydroxyl groups excluding tert-OH is 1. The Balaban J connectivity index is 3.40. The number of ether oxygens (including phenoxy) is 1. The van der Waals surface area contributed by atoms with Crippen molar-refractivity contribution in [1.82, 2.24) is 4.98 Å². The van der Waals surface area contributed by atoms with E-state index in [1.165, 1.54) is 0 Å². The first-order chi connectivity index (χ1) is 8.01. The maximum absolute atomic E-state index is 10.2. The summed E-state index contributed by atoms with van der Waals surface area (Å²) in [6.45, 7) is 10.3. The molecule has 0 aromatic carbocycles. The lowest BCUT2D eigenvalue weighted by atomic mass is 10.0. The Kier molecular flexibility index (Phi) is 4.55. The lowest BCUT2D eigenvalue weighted by Gasteiger charge is -2.14. The Morgan fingerprint density at radius 1 is 1.35 bits per heavy atom. The van der Waals surface area contributed by atoms with Gasteiger partial charge in [0.1, 0.15) is 5.76 Å². The van der Waals surface area contributed by atoms with Gasteiger partial charge in [0, 0.05) is 5.69 Å². The number of hydrogen-bond donors (Lipinski definition) is 1. The second kappa shape index (κ2) is 5.71. The van der Waals surface area contributed by atoms with E-state index in [0.29, 0.717) is 18.2 Å². The van der Waals surface area contributed by atoms with Crippen LogP contribution in [0.15, 0.2) is 11.6 Å². The Morgan fingerprint density at radius 3 is 2.53 bits per heavy atom. The summed E-state index contributed by atoms with van der Waals surface area (Å²) < 4.78 is 5.51. The lowest BCUT2D eigenvalue weighted by Crippen LogP contribution is -2.03. The van der Waals surface area contributed by atoms with Gasteiger partial charge in [-0.3, -0.25) is 0 Å². The van der Waals surface area contributed by atoms with E-state index < -0.39 is 0 Å². The highest BCUT2D eigenvalue weighted by Gasteiger charge is 2.15. The molecule has 0 unspecified atom stereocenters. The van der Waals surface area contributed by atoms with Gasteiger partial charge in [0.2, 0.25) is 5.88 Å². The molecule has 0 atom stereocenters. The summed E-state index contributed by atoms with van der Waals surface area (Å²) in [4.78, 5) is 4.35. The molecule has 0 amide bonds. The quantitative estimate of drug-likeness (QED) is 0.807. The minimum absolute atomic E-state index is 0.293. The summed E-state index contributed by atoms with van der Waals surface area (Å²) in [5, 5.41) is 10.2. The van der Waals surface area contributed by atoms with Gasteiger partial charge in [-0.2, -0.15) is 0 Å². The largest absolute Gasteiger partial charge is 0.507 e. The molecular formula is C14H21NO2. The Hall–Kier alpha value is -1.51. The molecule has 1 rings (SSSR count). The van der Waals surface area contributed by atoms with Crippen LogP contribution in [-0.4, -0.2) is 16.7 Å². The van der Waals surface area contributed by atoms with E-state index in [0.717, 1.165) is 28.8 Å². The average molecular weight is 235 g/mol. The summed E-state index contributed by atoms with van der Waals surface area (Å²) in [6.07, 6.45) is 0.810. The summed E-state index contributed by atoms with van der Waals surface area (Å²) in [6, 6.07) is 1.96. The minimum atomic E-state index is 0.293. The number of rotatable bonds is 4. The van der Waals surface area contributed by atoms with E-state index >= 15 is 0 Å². The number of aromatic nitrogens is 1. The van der Waals surface area contributed by atoms with Crippen LogP contribution in [0.4, 0.5) is 0 Å². The molecule has 3 nitrogen and oxygen atoms in total. The number of allylic oxidation sites excluding steroid dienone is 1. The molecule has 3 heteroatoms. The van der Waals surface area contributed by atoms with E-state index in [4.69, 9.17) is 4.74 Å². The van der Waals surface area contributed by atoms with Gasteiger partial charge in [-0.05, 0) is 51.3 Å². The van der Waals surface area contributed by atoms with Crippen molar-refractivity contribution in [3.8, 4) is 5.88 Å². The number of hydrogen-bond acceptors (Lipinski definition) is 3. The second-order valence-corrected chi connectivity index (χ2v) is 4.18. The van der Waals surface area contributed by atoms with Crippen molar-refractivity contribution in [3.63, 3.8) is 0 Å². The first-order valence-electron chi connectivity index (χ1n) is 6.01. The van der Waals surface area contributed by atoms with Crippen molar-refractivity contribution in [1.29, 1.82) is 0 Å². The van der Waals surface area contributed by atoms with Crippen molar-refractivity contribution in [2.75, 3.05) is 6.61 Å². The maximum Gasteiger partial charge on any atom is 0.225 e. The van der Waals surface area contributed by atoms with Crippen molar-refractivity contribution in [2.45, 2.75) is 41.0 Å². The second-order valence-electron chi connectivity index (χ2n) is 4.18. The van der Waals surface area contributed by atoms with E-state index in [2.05, 4.69) is 4.98 Å². The number of pyridine rings is 1. The zero-order valence-electron chi connectivity index (χ0n) is 11.3. The Morgan fingerprint density at radius 2 is 2.00 bits per heavy atom. The van der Waals surface area contributed by atoms with E-state index in [-0.39, 0.29) is 0 Å². The molecule has 0 spiro atoms. The topological polar surface area (TPSA) is 42.4 Å². The third-order valence-corrected chi connectivity index (χ3v) is 2.76. The van der Waals surface area contributed by atoms with Crippen LogP contribution in [0.2, 0.25) is 0 Å². The molecule has 0 aliphatic heterocycles. The standard InChI is InChI=1S/C14H21NO2/c1-6-9(3)13(16)12-10(4)8-11(5)15-14(12)17-7-2/h8,16H,6-7H2,1-5H3/b13-9-. The summed E-state index contributed by atoms with van der Waals surface area (Å²) in [5.74, 6) is 0.816. The fourth-order valence-corrected chi connectivity index (χ4v) is 1.71. The summed E-state index contributed by atoms with van der Waals surface area (Å²) in [7, 11) is 0. The Bertz CT molecular complexity index is 436. The lowest BCUT2D eigenvalue weighted by molar-refractivity contribution is 0.322. The zero-order chi connectivity index (χ0) is 13.0. The van der Waals surface area contributed by atoms with E-state index in [9.17, 15) is 5.11 Å². The van der Waals surface area contributed by atoms with Crippen LogP contribution in [0, 0.1) is 13.8 Å². The molecule has 0 aliphatic rings. The van der Waals surface area contributed by atoms with Gasteiger partial charge < -0.3 is 9.84 Å². The predicted octanol–water partition coefficient (Wildman–Crippen LogP) is 3.80. The van der Waals surface area contributed by atoms with Crippen LogP contribution in [0.5, 0.6) is 5.88 Å². The highest BCUT2D eigenvalue weighted by Crippen LogP contribution is 2.29. The molecule has 1 aromatic rings. The van der Waals surface area contributed by atoms with Crippen molar-refractivity contribution in [2.24, 2.45) is 0 Å². The van der Waals surface area contributed by atoms with Crippen molar-refractivity contribution in [3.05, 3.63) is 28.5 Å². The van der Waals surface area contributed by atoms with Gasteiger partial charge in [-0.1, -0.05) is 6.92 Å². The van der Waals surface area contributed by atoms with Crippen LogP contribution >= 0.6 is 0 Å². The maximum atomic E-state index is 10.2. The molecule has 0 bridgehead atoms. The fourth-order valence-electron chi connectivity index (χ4n) is 1.71. The number of aliphatic hydroxyl groups is 1. The molecule has 0 saturated carbocycles. The van der Waals surface area contributed by atoms with Gasteiger partial charge in [0.15, 0.2) is 0 Å². The van der Waals surface area contributed by atoms with Crippen LogP contribution in [0.25, 0.3) is 5.76 Å². The first kappa shape index (κ1) is 13.6. The monoisotopic (exact) mass is 235 g/mol. The molecule has 94 valence electrons. The van der Waals surface area contributed by atoms with Gasteiger partial charge >= 0.3 is 0 Å². The van der Waals surface area contributed by atoms with Crippen LogP contribution in [0.3, 0.4) is 0 Å². The van der Waals surface area contributed by atoms with Crippen LogP contribution in [-0.2, 0) is 0 Å². The highest BCUT2D eigenvalue weighted by molar-refractivity contribution is 5.68. The highest BCUT2D eigenvalue weighted by atomic mass is 16.5. The molecule has 0 saturated heterocycles. The molecule has 1 heterocycles. The number of aryl methyl sites for hydroxylation is 2. The average Bonchev–Trinajstić information content (AvgIpc) is 2.27. The third kappa shape index (κ3) is 2.99. The summed E-state index contributed by atoms with van der Waals surface area (Å²) >= 11 is 0. The SMILES string of the molecule is CCOc1nc(C)cc(C)c1/C(O)=C(\C)CC. The van der Waals surface area contributed by atoms with Gasteiger partial charge in [-0.25, -0.2) is 4.98 Å². The minimum Gasteiger partial charge on any atom is -0.507 e. The predicted molar refractivity (Wildman–Crippen MR) is 70.4 cm³/mol. The summed E-state index contributed by atoms with van der Waals surface area (Å²) in [5.41, 5.74) is 3.56. The molecule has 0 radical (unpaired) electrons. The zero-order valence-corrected chi connectivity index (χ0v) is 11.3. The molecule has 17 heavy (non-hydrogen) atoms.